The van der Waals surface area contributed by atoms with Gasteiger partial charge in [-0.2, -0.15) is 0 Å². The maximum Gasteiger partial charge on any atom is 0.317 e. The average Bonchev–Trinajstić information content (AvgIpc) is 2.36. The summed E-state index contributed by atoms with van der Waals surface area (Å²) in [6.45, 7) is 3.31. The van der Waals surface area contributed by atoms with E-state index in [1.807, 2.05) is 0 Å². The summed E-state index contributed by atoms with van der Waals surface area (Å²) in [4.78, 5) is 21.7. The molecule has 5 atom stereocenters. The fourth-order valence-corrected chi connectivity index (χ4v) is 2.03. The zero-order valence-corrected chi connectivity index (χ0v) is 11.6. The molecule has 1 fully saturated rings. The monoisotopic (exact) mass is 308 g/mol. The van der Waals surface area contributed by atoms with Crippen LogP contribution in [0.25, 0.3) is 0 Å². The number of carboxylic acid groups (broad SMARTS) is 2. The number of aliphatic hydroxyl groups is 3. The lowest BCUT2D eigenvalue weighted by Gasteiger charge is -2.41. The Balaban J connectivity index is 2.84. The Morgan fingerprint density at radius 3 is 2.00 bits per heavy atom. The Bertz CT molecular complexity index is 369. The molecule has 0 spiro atoms. The van der Waals surface area contributed by atoms with E-state index in [4.69, 9.17) is 19.7 Å². The van der Waals surface area contributed by atoms with Crippen LogP contribution in [0.4, 0.5) is 0 Å². The molecule has 1 unspecified atom stereocenters. The van der Waals surface area contributed by atoms with Gasteiger partial charge in [-0.15, -0.1) is 0 Å². The highest BCUT2D eigenvalue weighted by atomic mass is 16.7. The number of aliphatic carboxylic acids is 2. The molecule has 21 heavy (non-hydrogen) atoms. The van der Waals surface area contributed by atoms with Crippen LogP contribution in [0.5, 0.6) is 0 Å². The van der Waals surface area contributed by atoms with Crippen LogP contribution >= 0.6 is 0 Å². The number of carbonyl (C=O) groups is 2. The van der Waals surface area contributed by atoms with Crippen molar-refractivity contribution in [2.24, 2.45) is 5.92 Å². The standard InChI is InChI=1S/C12H20O9/c1-4(2)20-12-9(15)8(14)7(13)6(21-12)3-5(10(16)17)11(18)19/h4-9,12-15H,3H2,1-2H3,(H,16,17)(H,18,19)/t6-,7-,8+,9+,12?/m1/s1. The Morgan fingerprint density at radius 1 is 1.05 bits per heavy atom. The third kappa shape index (κ3) is 4.35. The molecule has 1 heterocycles. The van der Waals surface area contributed by atoms with Crippen LogP contribution in [0.2, 0.25) is 0 Å². The van der Waals surface area contributed by atoms with Crippen molar-refractivity contribution in [3.05, 3.63) is 0 Å². The molecule has 0 aromatic carbocycles. The van der Waals surface area contributed by atoms with Crippen molar-refractivity contribution in [3.8, 4) is 0 Å². The van der Waals surface area contributed by atoms with Gasteiger partial charge in [0.1, 0.15) is 18.3 Å². The zero-order chi connectivity index (χ0) is 16.3. The third-order valence-corrected chi connectivity index (χ3v) is 3.14. The van der Waals surface area contributed by atoms with E-state index < -0.39 is 55.0 Å². The molecule has 9 nitrogen and oxygen atoms in total. The summed E-state index contributed by atoms with van der Waals surface area (Å²) in [6.07, 6.45) is -8.26. The minimum Gasteiger partial charge on any atom is -0.481 e. The molecule has 1 rings (SSSR count). The van der Waals surface area contributed by atoms with Crippen LogP contribution in [-0.4, -0.2) is 74.3 Å². The number of hydrogen-bond acceptors (Lipinski definition) is 7. The Hall–Kier alpha value is -1.26. The average molecular weight is 308 g/mol. The van der Waals surface area contributed by atoms with Gasteiger partial charge in [0.25, 0.3) is 0 Å². The molecule has 0 saturated carbocycles. The summed E-state index contributed by atoms with van der Waals surface area (Å²) in [5.41, 5.74) is 0. The van der Waals surface area contributed by atoms with E-state index in [-0.39, 0.29) is 6.10 Å². The smallest absolute Gasteiger partial charge is 0.317 e. The van der Waals surface area contributed by atoms with E-state index in [9.17, 15) is 24.9 Å². The minimum atomic E-state index is -1.80. The van der Waals surface area contributed by atoms with Crippen molar-refractivity contribution < 1.29 is 44.6 Å². The summed E-state index contributed by atoms with van der Waals surface area (Å²) in [6, 6.07) is 0. The highest BCUT2D eigenvalue weighted by Crippen LogP contribution is 2.27. The number of hydrogen-bond donors (Lipinski definition) is 5. The van der Waals surface area contributed by atoms with Gasteiger partial charge >= 0.3 is 11.9 Å². The van der Waals surface area contributed by atoms with Gasteiger partial charge in [-0.1, -0.05) is 0 Å². The van der Waals surface area contributed by atoms with Crippen LogP contribution in [-0.2, 0) is 19.1 Å². The second kappa shape index (κ2) is 7.14. The van der Waals surface area contributed by atoms with Crippen LogP contribution in [0, 0.1) is 5.92 Å². The molecule has 9 heteroatoms. The lowest BCUT2D eigenvalue weighted by atomic mass is 9.91. The molecule has 1 saturated heterocycles. The lowest BCUT2D eigenvalue weighted by molar-refractivity contribution is -0.306. The molecule has 0 aromatic heterocycles. The molecule has 0 bridgehead atoms. The van der Waals surface area contributed by atoms with E-state index in [0.717, 1.165) is 0 Å². The summed E-state index contributed by atoms with van der Waals surface area (Å²) < 4.78 is 10.4. The Kier molecular flexibility index (Phi) is 6.05. The van der Waals surface area contributed by atoms with Gasteiger partial charge in [-0.05, 0) is 13.8 Å². The van der Waals surface area contributed by atoms with Crippen molar-refractivity contribution in [1.29, 1.82) is 0 Å². The molecule has 0 aromatic rings. The SMILES string of the molecule is CC(C)OC1O[C@H](CC(C(=O)O)C(=O)O)[C@@H](O)[C@H](O)[C@@H]1O. The van der Waals surface area contributed by atoms with Gasteiger partial charge < -0.3 is 35.0 Å². The number of ether oxygens (including phenoxy) is 2. The maximum atomic E-state index is 10.9. The molecular formula is C12H20O9. The van der Waals surface area contributed by atoms with Gasteiger partial charge in [-0.25, -0.2) is 0 Å². The quantitative estimate of drug-likeness (QED) is 0.365. The predicted molar refractivity (Wildman–Crippen MR) is 66.3 cm³/mol. The van der Waals surface area contributed by atoms with Gasteiger partial charge in [0.2, 0.25) is 0 Å². The van der Waals surface area contributed by atoms with Gasteiger partial charge in [-0.3, -0.25) is 9.59 Å². The predicted octanol–water partition coefficient (Wildman–Crippen LogP) is -1.61. The van der Waals surface area contributed by atoms with Crippen LogP contribution in [0.15, 0.2) is 0 Å². The van der Waals surface area contributed by atoms with E-state index in [1.54, 1.807) is 13.8 Å². The number of aliphatic hydroxyl groups excluding tert-OH is 3. The highest BCUT2D eigenvalue weighted by molar-refractivity contribution is 5.92. The molecule has 1 aliphatic heterocycles. The first-order chi connectivity index (χ1) is 9.65. The third-order valence-electron chi connectivity index (χ3n) is 3.14. The number of rotatable bonds is 6. The maximum absolute atomic E-state index is 10.9. The molecule has 5 N–H and O–H groups in total. The van der Waals surface area contributed by atoms with Crippen molar-refractivity contribution in [1.82, 2.24) is 0 Å². The minimum absolute atomic E-state index is 0.359. The van der Waals surface area contributed by atoms with Gasteiger partial charge in [0.15, 0.2) is 12.2 Å². The van der Waals surface area contributed by atoms with E-state index in [1.165, 1.54) is 0 Å². The van der Waals surface area contributed by atoms with Crippen molar-refractivity contribution in [3.63, 3.8) is 0 Å². The molecular weight excluding hydrogens is 288 g/mol. The fourth-order valence-electron chi connectivity index (χ4n) is 2.03. The van der Waals surface area contributed by atoms with E-state index in [0.29, 0.717) is 0 Å². The second-order valence-corrected chi connectivity index (χ2v) is 5.16. The first-order valence-corrected chi connectivity index (χ1v) is 6.45. The summed E-state index contributed by atoms with van der Waals surface area (Å²) in [5.74, 6) is -4.97. The second-order valence-electron chi connectivity index (χ2n) is 5.16. The van der Waals surface area contributed by atoms with Crippen LogP contribution in [0.1, 0.15) is 20.3 Å². The summed E-state index contributed by atoms with van der Waals surface area (Å²) in [7, 11) is 0. The van der Waals surface area contributed by atoms with E-state index in [2.05, 4.69) is 0 Å². The zero-order valence-electron chi connectivity index (χ0n) is 11.6. The molecule has 1 aliphatic rings. The lowest BCUT2D eigenvalue weighted by Crippen LogP contribution is -2.59. The van der Waals surface area contributed by atoms with Gasteiger partial charge in [0.05, 0.1) is 12.2 Å². The van der Waals surface area contributed by atoms with Crippen LogP contribution < -0.4 is 0 Å². The van der Waals surface area contributed by atoms with Crippen molar-refractivity contribution in [2.45, 2.75) is 57.1 Å². The Morgan fingerprint density at radius 2 is 1.57 bits per heavy atom. The molecule has 0 radical (unpaired) electrons. The van der Waals surface area contributed by atoms with Crippen molar-refractivity contribution in [2.75, 3.05) is 0 Å². The molecule has 0 amide bonds. The Labute approximate surface area is 120 Å². The van der Waals surface area contributed by atoms with E-state index >= 15 is 0 Å². The summed E-state index contributed by atoms with van der Waals surface area (Å²) in [5, 5.41) is 46.9. The largest absolute Gasteiger partial charge is 0.481 e. The molecule has 122 valence electrons. The topological polar surface area (TPSA) is 154 Å². The first-order valence-electron chi connectivity index (χ1n) is 6.45. The normalized spacial score (nSPS) is 33.4. The number of carboxylic acids is 2. The fraction of sp³-hybridized carbons (Fsp3) is 0.833. The highest BCUT2D eigenvalue weighted by Gasteiger charge is 2.46. The summed E-state index contributed by atoms with van der Waals surface area (Å²) >= 11 is 0. The van der Waals surface area contributed by atoms with Gasteiger partial charge in [0, 0.05) is 6.42 Å². The van der Waals surface area contributed by atoms with Crippen molar-refractivity contribution >= 4 is 11.9 Å². The molecule has 0 aliphatic carbocycles. The van der Waals surface area contributed by atoms with Crippen LogP contribution in [0.3, 0.4) is 0 Å². The first kappa shape index (κ1) is 17.8.